The maximum atomic E-state index is 10.7. The average Bonchev–Trinajstić information content (AvgIpc) is 3.12. The zero-order chi connectivity index (χ0) is 21.1. The van der Waals surface area contributed by atoms with Crippen molar-refractivity contribution >= 4 is 48.7 Å². The molecule has 0 amide bonds. The molecule has 30 heavy (non-hydrogen) atoms. The number of aliphatic carboxylic acids is 1. The van der Waals surface area contributed by atoms with E-state index in [9.17, 15) is 4.79 Å². The molecule has 0 atom stereocenters. The number of benzene rings is 2. The highest BCUT2D eigenvalue weighted by Crippen LogP contribution is 2.41. The molecule has 0 bridgehead atoms. The first-order valence-electron chi connectivity index (χ1n) is 10.1. The number of H-pyrrole nitrogens is 1. The summed E-state index contributed by atoms with van der Waals surface area (Å²) in [4.78, 5) is 14.1. The highest BCUT2D eigenvalue weighted by Gasteiger charge is 2.17. The van der Waals surface area contributed by atoms with Gasteiger partial charge in [-0.05, 0) is 80.1 Å². The van der Waals surface area contributed by atoms with Crippen LogP contribution in [0.3, 0.4) is 0 Å². The maximum Gasteiger partial charge on any atom is 0.341 e. The number of carbonyl (C=O) groups is 1. The minimum absolute atomic E-state index is 0.396. The molecule has 2 aromatic carbocycles. The summed E-state index contributed by atoms with van der Waals surface area (Å²) >= 11 is 6.99. The van der Waals surface area contributed by atoms with Gasteiger partial charge in [0.05, 0.1) is 8.95 Å². The standard InChI is InChI=1S/C23H23Br2NO4/c24-19-10-17(29-13-22(27)28)11-20(25)23(19)30-16-6-7-21-18(9-16)15(12-26-21)8-14-4-2-1-3-5-14/h6-7,9-12,14,26H,1-5,8,13H2,(H,27,28). The van der Waals surface area contributed by atoms with Gasteiger partial charge in [-0.3, -0.25) is 0 Å². The monoisotopic (exact) mass is 535 g/mol. The summed E-state index contributed by atoms with van der Waals surface area (Å²) in [6, 6.07) is 9.47. The van der Waals surface area contributed by atoms with Crippen LogP contribution in [0.1, 0.15) is 37.7 Å². The largest absolute Gasteiger partial charge is 0.482 e. The van der Waals surface area contributed by atoms with Gasteiger partial charge in [0.25, 0.3) is 0 Å². The molecule has 5 nitrogen and oxygen atoms in total. The summed E-state index contributed by atoms with van der Waals surface area (Å²) in [6.45, 7) is -0.396. The van der Waals surface area contributed by atoms with Crippen LogP contribution in [0.2, 0.25) is 0 Å². The third kappa shape index (κ3) is 5.01. The Labute approximate surface area is 192 Å². The number of aromatic amines is 1. The van der Waals surface area contributed by atoms with E-state index in [1.54, 1.807) is 12.1 Å². The first-order chi connectivity index (χ1) is 14.5. The van der Waals surface area contributed by atoms with Gasteiger partial charge >= 0.3 is 5.97 Å². The number of rotatable bonds is 7. The zero-order valence-corrected chi connectivity index (χ0v) is 19.6. The van der Waals surface area contributed by atoms with Gasteiger partial charge in [-0.25, -0.2) is 4.79 Å². The minimum Gasteiger partial charge on any atom is -0.482 e. The molecule has 3 aromatic rings. The van der Waals surface area contributed by atoms with Crippen LogP contribution >= 0.6 is 31.9 Å². The van der Waals surface area contributed by atoms with Crippen molar-refractivity contribution in [3.8, 4) is 17.2 Å². The van der Waals surface area contributed by atoms with Crippen molar-refractivity contribution in [1.29, 1.82) is 0 Å². The Bertz CT molecular complexity index is 1030. The van der Waals surface area contributed by atoms with Crippen molar-refractivity contribution in [3.63, 3.8) is 0 Å². The smallest absolute Gasteiger partial charge is 0.341 e. The van der Waals surface area contributed by atoms with E-state index in [0.717, 1.165) is 23.6 Å². The molecule has 1 fully saturated rings. The molecule has 2 N–H and O–H groups in total. The number of halogens is 2. The van der Waals surface area contributed by atoms with Crippen molar-refractivity contribution in [2.75, 3.05) is 6.61 Å². The summed E-state index contributed by atoms with van der Waals surface area (Å²) in [6.07, 6.45) is 9.92. The van der Waals surface area contributed by atoms with Crippen LogP contribution in [-0.4, -0.2) is 22.7 Å². The Morgan fingerprint density at radius 1 is 1.07 bits per heavy atom. The van der Waals surface area contributed by atoms with E-state index in [-0.39, 0.29) is 0 Å². The lowest BCUT2D eigenvalue weighted by atomic mass is 9.85. The van der Waals surface area contributed by atoms with Crippen molar-refractivity contribution in [2.24, 2.45) is 5.92 Å². The number of carboxylic acids is 1. The van der Waals surface area contributed by atoms with Crippen LogP contribution in [0.5, 0.6) is 17.2 Å². The zero-order valence-electron chi connectivity index (χ0n) is 16.4. The van der Waals surface area contributed by atoms with Gasteiger partial charge in [-0.2, -0.15) is 0 Å². The van der Waals surface area contributed by atoms with Gasteiger partial charge in [-0.1, -0.05) is 32.1 Å². The molecular formula is C23H23Br2NO4. The SMILES string of the molecule is O=C(O)COc1cc(Br)c(Oc2ccc3[nH]cc(CC4CCCCC4)c3c2)c(Br)c1. The minimum atomic E-state index is -1.02. The molecule has 1 aromatic heterocycles. The van der Waals surface area contributed by atoms with Gasteiger partial charge in [0.2, 0.25) is 0 Å². The van der Waals surface area contributed by atoms with E-state index in [4.69, 9.17) is 14.6 Å². The first kappa shape index (κ1) is 21.2. The van der Waals surface area contributed by atoms with Crippen molar-refractivity contribution in [2.45, 2.75) is 38.5 Å². The molecular weight excluding hydrogens is 514 g/mol. The molecule has 0 radical (unpaired) electrons. The summed E-state index contributed by atoms with van der Waals surface area (Å²) in [5.41, 5.74) is 2.46. The van der Waals surface area contributed by atoms with Gasteiger partial charge in [-0.15, -0.1) is 0 Å². The van der Waals surface area contributed by atoms with Gasteiger partial charge in [0.1, 0.15) is 11.5 Å². The van der Waals surface area contributed by atoms with Crippen LogP contribution in [0.25, 0.3) is 10.9 Å². The normalized spacial score (nSPS) is 14.7. The van der Waals surface area contributed by atoms with E-state index in [1.807, 2.05) is 12.1 Å². The lowest BCUT2D eigenvalue weighted by Crippen LogP contribution is -2.09. The van der Waals surface area contributed by atoms with Gasteiger partial charge < -0.3 is 19.6 Å². The molecule has 1 saturated carbocycles. The molecule has 7 heteroatoms. The van der Waals surface area contributed by atoms with Gasteiger partial charge in [0.15, 0.2) is 12.4 Å². The second-order valence-electron chi connectivity index (χ2n) is 7.73. The fourth-order valence-corrected chi connectivity index (χ4v) is 5.38. The molecule has 4 rings (SSSR count). The fourth-order valence-electron chi connectivity index (χ4n) is 4.07. The van der Waals surface area contributed by atoms with E-state index < -0.39 is 12.6 Å². The van der Waals surface area contributed by atoms with Crippen molar-refractivity contribution in [3.05, 3.63) is 51.0 Å². The second kappa shape index (κ2) is 9.43. The van der Waals surface area contributed by atoms with Gasteiger partial charge in [0, 0.05) is 17.1 Å². The van der Waals surface area contributed by atoms with Crippen LogP contribution in [-0.2, 0) is 11.2 Å². The molecule has 1 heterocycles. The quantitative estimate of drug-likeness (QED) is 0.338. The first-order valence-corrected chi connectivity index (χ1v) is 11.7. The number of nitrogens with one attached hydrogen (secondary N) is 1. The number of fused-ring (bicyclic) bond motifs is 1. The molecule has 0 aliphatic heterocycles. The third-order valence-electron chi connectivity index (χ3n) is 5.53. The third-order valence-corrected chi connectivity index (χ3v) is 6.70. The van der Waals surface area contributed by atoms with Crippen molar-refractivity contribution in [1.82, 2.24) is 4.98 Å². The highest BCUT2D eigenvalue weighted by molar-refractivity contribution is 9.11. The Hall–Kier alpha value is -1.99. The Morgan fingerprint density at radius 3 is 2.50 bits per heavy atom. The van der Waals surface area contributed by atoms with Crippen LogP contribution in [0.4, 0.5) is 0 Å². The number of hydrogen-bond donors (Lipinski definition) is 2. The van der Waals surface area contributed by atoms with Crippen LogP contribution < -0.4 is 9.47 Å². The predicted octanol–water partition coefficient (Wildman–Crippen LogP) is 7.07. The Kier molecular flexibility index (Phi) is 6.68. The maximum absolute atomic E-state index is 10.7. The molecule has 1 aliphatic rings. The molecule has 158 valence electrons. The average molecular weight is 537 g/mol. The van der Waals surface area contributed by atoms with E-state index in [2.05, 4.69) is 49.1 Å². The molecule has 1 aliphatic carbocycles. The lowest BCUT2D eigenvalue weighted by Gasteiger charge is -2.21. The summed E-state index contributed by atoms with van der Waals surface area (Å²) < 4.78 is 12.8. The number of ether oxygens (including phenoxy) is 2. The molecule has 0 unspecified atom stereocenters. The van der Waals surface area contributed by atoms with E-state index in [1.165, 1.54) is 43.1 Å². The summed E-state index contributed by atoms with van der Waals surface area (Å²) in [5, 5.41) is 9.98. The number of aromatic nitrogens is 1. The fraction of sp³-hybridized carbons (Fsp3) is 0.348. The Balaban J connectivity index is 1.55. The summed E-state index contributed by atoms with van der Waals surface area (Å²) in [5.74, 6) is 1.55. The van der Waals surface area contributed by atoms with E-state index in [0.29, 0.717) is 20.4 Å². The van der Waals surface area contributed by atoms with Crippen molar-refractivity contribution < 1.29 is 19.4 Å². The number of carboxylic acid groups (broad SMARTS) is 1. The van der Waals surface area contributed by atoms with Crippen LogP contribution in [0, 0.1) is 5.92 Å². The van der Waals surface area contributed by atoms with E-state index >= 15 is 0 Å². The van der Waals surface area contributed by atoms with Crippen LogP contribution in [0.15, 0.2) is 45.5 Å². The second-order valence-corrected chi connectivity index (χ2v) is 9.44. The highest BCUT2D eigenvalue weighted by atomic mass is 79.9. The summed E-state index contributed by atoms with van der Waals surface area (Å²) in [7, 11) is 0. The molecule has 0 saturated heterocycles. The topological polar surface area (TPSA) is 71.6 Å². The Morgan fingerprint density at radius 2 is 1.80 bits per heavy atom. The predicted molar refractivity (Wildman–Crippen MR) is 124 cm³/mol. The lowest BCUT2D eigenvalue weighted by molar-refractivity contribution is -0.139. The number of hydrogen-bond acceptors (Lipinski definition) is 3. The molecule has 0 spiro atoms.